The summed E-state index contributed by atoms with van der Waals surface area (Å²) in [5, 5.41) is 9.68. The van der Waals surface area contributed by atoms with Crippen LogP contribution in [0.4, 0.5) is 5.69 Å². The van der Waals surface area contributed by atoms with Gasteiger partial charge in [-0.25, -0.2) is 0 Å². The third-order valence-corrected chi connectivity index (χ3v) is 3.06. The fraction of sp³-hybridized carbons (Fsp3) is 0.0909. The smallest absolute Gasteiger partial charge is 0.126 e. The second-order valence-corrected chi connectivity index (χ2v) is 4.47. The molecule has 0 aliphatic carbocycles. The van der Waals surface area contributed by atoms with Crippen LogP contribution in [0.5, 0.6) is 5.75 Å². The number of hydrogen-bond acceptors (Lipinski definition) is 3. The highest BCUT2D eigenvalue weighted by Gasteiger charge is 2.05. The maximum atomic E-state index is 9.68. The fourth-order valence-corrected chi connectivity index (χ4v) is 2.24. The fourth-order valence-electron chi connectivity index (χ4n) is 1.34. The molecule has 0 radical (unpaired) electrons. The maximum Gasteiger partial charge on any atom is 0.126 e. The van der Waals surface area contributed by atoms with Crippen molar-refractivity contribution in [1.82, 2.24) is 0 Å². The van der Waals surface area contributed by atoms with Crippen LogP contribution < -0.4 is 5.73 Å². The molecule has 3 N–H and O–H groups in total. The molecule has 1 aromatic carbocycles. The molecule has 0 amide bonds. The van der Waals surface area contributed by atoms with E-state index in [1.165, 1.54) is 4.88 Å². The van der Waals surface area contributed by atoms with E-state index < -0.39 is 0 Å². The van der Waals surface area contributed by atoms with Crippen molar-refractivity contribution in [1.29, 1.82) is 0 Å². The van der Waals surface area contributed by atoms with Crippen LogP contribution in [0.25, 0.3) is 10.4 Å². The lowest BCUT2D eigenvalue weighted by Crippen LogP contribution is -1.83. The number of nitrogens with two attached hydrogens (primary N) is 1. The molecule has 0 saturated carbocycles. The summed E-state index contributed by atoms with van der Waals surface area (Å²) in [5.74, 6) is 0.242. The van der Waals surface area contributed by atoms with Crippen LogP contribution in [0.1, 0.15) is 4.88 Å². The minimum absolute atomic E-state index is 0.242. The Bertz CT molecular complexity index is 462. The molecule has 2 aromatic rings. The van der Waals surface area contributed by atoms with Gasteiger partial charge in [-0.1, -0.05) is 0 Å². The van der Waals surface area contributed by atoms with E-state index in [-0.39, 0.29) is 5.75 Å². The zero-order valence-electron chi connectivity index (χ0n) is 7.82. The Morgan fingerprint density at radius 3 is 2.57 bits per heavy atom. The van der Waals surface area contributed by atoms with E-state index in [1.54, 1.807) is 23.5 Å². The topological polar surface area (TPSA) is 46.2 Å². The van der Waals surface area contributed by atoms with Crippen molar-refractivity contribution in [2.75, 3.05) is 5.73 Å². The second-order valence-electron chi connectivity index (χ2n) is 3.19. The van der Waals surface area contributed by atoms with E-state index in [4.69, 9.17) is 5.73 Å². The second kappa shape index (κ2) is 3.35. The van der Waals surface area contributed by atoms with Crippen LogP contribution in [-0.4, -0.2) is 5.11 Å². The Morgan fingerprint density at radius 1 is 1.21 bits per heavy atom. The van der Waals surface area contributed by atoms with E-state index in [2.05, 4.69) is 0 Å². The minimum Gasteiger partial charge on any atom is -0.507 e. The van der Waals surface area contributed by atoms with Crippen LogP contribution in [0, 0.1) is 6.92 Å². The van der Waals surface area contributed by atoms with Gasteiger partial charge < -0.3 is 10.8 Å². The van der Waals surface area contributed by atoms with Crippen molar-refractivity contribution in [2.24, 2.45) is 0 Å². The molecule has 14 heavy (non-hydrogen) atoms. The summed E-state index contributed by atoms with van der Waals surface area (Å²) in [5.41, 5.74) is 6.98. The van der Waals surface area contributed by atoms with Gasteiger partial charge in [0.1, 0.15) is 5.75 Å². The van der Waals surface area contributed by atoms with E-state index in [9.17, 15) is 5.11 Å². The Labute approximate surface area is 86.6 Å². The average molecular weight is 205 g/mol. The standard InChI is InChI=1S/C11H11NOS/c1-7-2-5-11(14-7)9-4-3-8(12)6-10(9)13/h2-6,13H,12H2,1H3. The first kappa shape index (κ1) is 9.09. The summed E-state index contributed by atoms with van der Waals surface area (Å²) >= 11 is 1.66. The number of anilines is 1. The molecular weight excluding hydrogens is 194 g/mol. The molecular formula is C11H11NOS. The number of benzene rings is 1. The number of phenolic OH excluding ortho intramolecular Hbond substituents is 1. The summed E-state index contributed by atoms with van der Waals surface area (Å²) in [6.45, 7) is 2.04. The monoisotopic (exact) mass is 205 g/mol. The van der Waals surface area contributed by atoms with E-state index in [0.29, 0.717) is 5.69 Å². The molecule has 0 bridgehead atoms. The number of aryl methyl sites for hydroxylation is 1. The average Bonchev–Trinajstić information content (AvgIpc) is 2.51. The van der Waals surface area contributed by atoms with Gasteiger partial charge in [0.2, 0.25) is 0 Å². The van der Waals surface area contributed by atoms with Crippen molar-refractivity contribution < 1.29 is 5.11 Å². The molecule has 0 atom stereocenters. The van der Waals surface area contributed by atoms with Gasteiger partial charge in [0.15, 0.2) is 0 Å². The summed E-state index contributed by atoms with van der Waals surface area (Å²) in [4.78, 5) is 2.30. The normalized spacial score (nSPS) is 10.4. The first-order valence-electron chi connectivity index (χ1n) is 4.32. The molecule has 0 spiro atoms. The van der Waals surface area contributed by atoms with Crippen molar-refractivity contribution >= 4 is 17.0 Å². The molecule has 0 fully saturated rings. The Kier molecular flexibility index (Phi) is 2.17. The quantitative estimate of drug-likeness (QED) is 0.703. The van der Waals surface area contributed by atoms with Crippen LogP contribution >= 0.6 is 11.3 Å². The van der Waals surface area contributed by atoms with Crippen LogP contribution in [0.15, 0.2) is 30.3 Å². The highest BCUT2D eigenvalue weighted by Crippen LogP contribution is 2.34. The summed E-state index contributed by atoms with van der Waals surface area (Å²) in [6.07, 6.45) is 0. The molecule has 0 aliphatic rings. The third-order valence-electron chi connectivity index (χ3n) is 2.03. The predicted molar refractivity (Wildman–Crippen MR) is 60.6 cm³/mol. The SMILES string of the molecule is Cc1ccc(-c2ccc(N)cc2O)s1. The number of hydrogen-bond donors (Lipinski definition) is 2. The van der Waals surface area contributed by atoms with Gasteiger partial charge in [-0.05, 0) is 31.2 Å². The molecule has 1 aromatic heterocycles. The zero-order chi connectivity index (χ0) is 10.1. The molecule has 0 saturated heterocycles. The van der Waals surface area contributed by atoms with Crippen molar-refractivity contribution in [2.45, 2.75) is 6.92 Å². The first-order valence-corrected chi connectivity index (χ1v) is 5.14. The summed E-state index contributed by atoms with van der Waals surface area (Å²) in [7, 11) is 0. The van der Waals surface area contributed by atoms with Gasteiger partial charge in [0, 0.05) is 27.1 Å². The van der Waals surface area contributed by atoms with Gasteiger partial charge in [0.05, 0.1) is 0 Å². The van der Waals surface area contributed by atoms with Gasteiger partial charge in [-0.2, -0.15) is 0 Å². The molecule has 3 heteroatoms. The molecule has 72 valence electrons. The third kappa shape index (κ3) is 1.59. The van der Waals surface area contributed by atoms with Crippen molar-refractivity contribution in [3.8, 4) is 16.2 Å². The highest BCUT2D eigenvalue weighted by molar-refractivity contribution is 7.15. The first-order chi connectivity index (χ1) is 6.66. The Hall–Kier alpha value is -1.48. The van der Waals surface area contributed by atoms with Crippen LogP contribution in [-0.2, 0) is 0 Å². The van der Waals surface area contributed by atoms with Gasteiger partial charge in [-0.3, -0.25) is 0 Å². The van der Waals surface area contributed by atoms with Gasteiger partial charge in [0.25, 0.3) is 0 Å². The number of nitrogen functional groups attached to an aromatic ring is 1. The Balaban J connectivity index is 2.52. The number of phenols is 1. The molecule has 2 rings (SSSR count). The predicted octanol–water partition coefficient (Wildman–Crippen LogP) is 3.01. The number of aromatic hydroxyl groups is 1. The largest absolute Gasteiger partial charge is 0.507 e. The van der Waals surface area contributed by atoms with E-state index in [0.717, 1.165) is 10.4 Å². The molecule has 0 unspecified atom stereocenters. The lowest BCUT2D eigenvalue weighted by Gasteiger charge is -2.02. The summed E-state index contributed by atoms with van der Waals surface area (Å²) < 4.78 is 0. The summed E-state index contributed by atoms with van der Waals surface area (Å²) in [6, 6.07) is 9.26. The lowest BCUT2D eigenvalue weighted by atomic mass is 10.1. The van der Waals surface area contributed by atoms with Crippen LogP contribution in [0.2, 0.25) is 0 Å². The number of thiophene rings is 1. The minimum atomic E-state index is 0.242. The van der Waals surface area contributed by atoms with Gasteiger partial charge >= 0.3 is 0 Å². The molecule has 1 heterocycles. The van der Waals surface area contributed by atoms with Gasteiger partial charge in [-0.15, -0.1) is 11.3 Å². The Morgan fingerprint density at radius 2 is 2.00 bits per heavy atom. The highest BCUT2D eigenvalue weighted by atomic mass is 32.1. The van der Waals surface area contributed by atoms with Crippen molar-refractivity contribution in [3.05, 3.63) is 35.2 Å². The molecule has 2 nitrogen and oxygen atoms in total. The van der Waals surface area contributed by atoms with Crippen molar-refractivity contribution in [3.63, 3.8) is 0 Å². The van der Waals surface area contributed by atoms with Crippen LogP contribution in [0.3, 0.4) is 0 Å². The lowest BCUT2D eigenvalue weighted by molar-refractivity contribution is 0.478. The van der Waals surface area contributed by atoms with E-state index >= 15 is 0 Å². The molecule has 0 aliphatic heterocycles. The van der Waals surface area contributed by atoms with E-state index in [1.807, 2.05) is 25.1 Å². The maximum absolute atomic E-state index is 9.68. The number of rotatable bonds is 1. The zero-order valence-corrected chi connectivity index (χ0v) is 8.64.